The number of rotatable bonds is 4. The molecule has 0 spiro atoms. The molecule has 19 heavy (non-hydrogen) atoms. The first-order valence-corrected chi connectivity index (χ1v) is 6.36. The first-order valence-electron chi connectivity index (χ1n) is 6.36. The molecule has 0 saturated carbocycles. The van der Waals surface area contributed by atoms with Gasteiger partial charge in [-0.1, -0.05) is 0 Å². The van der Waals surface area contributed by atoms with Crippen LogP contribution in [0, 0.1) is 6.92 Å². The average Bonchev–Trinajstić information content (AvgIpc) is 2.66. The molecule has 6 heteroatoms. The molecule has 2 N–H and O–H groups in total. The van der Waals surface area contributed by atoms with Crippen molar-refractivity contribution in [2.75, 3.05) is 11.9 Å². The van der Waals surface area contributed by atoms with Crippen molar-refractivity contribution in [1.82, 2.24) is 9.97 Å². The number of aromatic nitrogens is 2. The van der Waals surface area contributed by atoms with Gasteiger partial charge in [-0.05, 0) is 33.6 Å². The van der Waals surface area contributed by atoms with E-state index in [2.05, 4.69) is 29.1 Å². The van der Waals surface area contributed by atoms with E-state index in [0.29, 0.717) is 18.2 Å². The highest BCUT2D eigenvalue weighted by Crippen LogP contribution is 2.29. The molecule has 0 bridgehead atoms. The molecule has 6 nitrogen and oxygen atoms in total. The number of nitrogens with zero attached hydrogens (tertiary/aromatic N) is 2. The van der Waals surface area contributed by atoms with Crippen molar-refractivity contribution < 1.29 is 14.6 Å². The van der Waals surface area contributed by atoms with Gasteiger partial charge in [-0.3, -0.25) is 0 Å². The van der Waals surface area contributed by atoms with Crippen LogP contribution in [-0.2, 0) is 4.74 Å². The zero-order valence-electron chi connectivity index (χ0n) is 11.4. The van der Waals surface area contributed by atoms with Crippen molar-refractivity contribution in [3.05, 3.63) is 17.5 Å². The Labute approximate surface area is 112 Å². The van der Waals surface area contributed by atoms with Gasteiger partial charge in [0.05, 0.1) is 23.0 Å². The van der Waals surface area contributed by atoms with Crippen LogP contribution in [0.2, 0.25) is 0 Å². The molecular weight excluding hydrogens is 246 g/mol. The zero-order chi connectivity index (χ0) is 14.0. The van der Waals surface area contributed by atoms with Gasteiger partial charge in [0.15, 0.2) is 0 Å². The molecule has 2 heterocycles. The van der Waals surface area contributed by atoms with E-state index in [9.17, 15) is 4.79 Å². The Morgan fingerprint density at radius 3 is 2.89 bits per heavy atom. The smallest absolute Gasteiger partial charge is 0.339 e. The van der Waals surface area contributed by atoms with E-state index < -0.39 is 5.97 Å². The van der Waals surface area contributed by atoms with Crippen molar-refractivity contribution in [3.63, 3.8) is 0 Å². The van der Waals surface area contributed by atoms with Gasteiger partial charge in [0.2, 0.25) is 5.95 Å². The predicted octanol–water partition coefficient (Wildman–Crippen LogP) is 1.85. The van der Waals surface area contributed by atoms with Gasteiger partial charge >= 0.3 is 5.97 Å². The van der Waals surface area contributed by atoms with E-state index in [1.807, 2.05) is 0 Å². The lowest BCUT2D eigenvalue weighted by atomic mass is 10.1. The van der Waals surface area contributed by atoms with Crippen molar-refractivity contribution in [2.45, 2.75) is 45.3 Å². The molecule has 0 radical (unpaired) electrons. The van der Waals surface area contributed by atoms with E-state index in [0.717, 1.165) is 12.8 Å². The lowest BCUT2D eigenvalue weighted by Crippen LogP contribution is -2.25. The number of aryl methyl sites for hydroxylation is 1. The second-order valence-corrected chi connectivity index (χ2v) is 5.42. The van der Waals surface area contributed by atoms with Gasteiger partial charge in [0.25, 0.3) is 0 Å². The number of hydrogen-bond donors (Lipinski definition) is 2. The fourth-order valence-corrected chi connectivity index (χ4v) is 2.19. The van der Waals surface area contributed by atoms with Crippen LogP contribution >= 0.6 is 0 Å². The van der Waals surface area contributed by atoms with Crippen LogP contribution in [0.3, 0.4) is 0 Å². The maximum Gasteiger partial charge on any atom is 0.339 e. The van der Waals surface area contributed by atoms with Gasteiger partial charge < -0.3 is 15.2 Å². The van der Waals surface area contributed by atoms with Crippen LogP contribution < -0.4 is 5.32 Å². The van der Waals surface area contributed by atoms with Crippen LogP contribution in [0.5, 0.6) is 0 Å². The number of hydrogen-bond acceptors (Lipinski definition) is 5. The van der Waals surface area contributed by atoms with E-state index in [1.54, 1.807) is 6.92 Å². The Balaban J connectivity index is 1.94. The van der Waals surface area contributed by atoms with Crippen LogP contribution in [0.25, 0.3) is 0 Å². The molecule has 1 atom stereocenters. The summed E-state index contributed by atoms with van der Waals surface area (Å²) in [6, 6.07) is 0. The molecule has 1 unspecified atom stereocenters. The van der Waals surface area contributed by atoms with Crippen LogP contribution in [-0.4, -0.2) is 39.3 Å². The molecular formula is C13H19N3O3. The number of carboxylic acids is 1. The topological polar surface area (TPSA) is 84.3 Å². The molecule has 1 aromatic rings. The van der Waals surface area contributed by atoms with E-state index in [1.165, 1.54) is 6.20 Å². The third-order valence-electron chi connectivity index (χ3n) is 3.25. The number of anilines is 1. The normalized spacial score (nSPS) is 21.3. The fourth-order valence-electron chi connectivity index (χ4n) is 2.19. The standard InChI is InChI=1S/C13H19N3O3/c1-8-10(11(17)18)7-15-12(16-8)14-6-9-4-5-13(2,3)19-9/h7,9H,4-6H2,1-3H3,(H,17,18)(H,14,15,16). The molecule has 1 aliphatic rings. The van der Waals surface area contributed by atoms with Crippen molar-refractivity contribution in [3.8, 4) is 0 Å². The van der Waals surface area contributed by atoms with Crippen LogP contribution in [0.15, 0.2) is 6.20 Å². The Kier molecular flexibility index (Phi) is 3.71. The number of ether oxygens (including phenoxy) is 1. The Morgan fingerprint density at radius 2 is 2.37 bits per heavy atom. The summed E-state index contributed by atoms with van der Waals surface area (Å²) in [5.74, 6) is -0.569. The molecule has 1 fully saturated rings. The van der Waals surface area contributed by atoms with Crippen molar-refractivity contribution in [2.24, 2.45) is 0 Å². The minimum absolute atomic E-state index is 0.0592. The van der Waals surface area contributed by atoms with Gasteiger partial charge in [-0.25, -0.2) is 14.8 Å². The largest absolute Gasteiger partial charge is 0.478 e. The highest BCUT2D eigenvalue weighted by Gasteiger charge is 2.31. The summed E-state index contributed by atoms with van der Waals surface area (Å²) in [5, 5.41) is 12.0. The minimum Gasteiger partial charge on any atom is -0.478 e. The van der Waals surface area contributed by atoms with E-state index >= 15 is 0 Å². The summed E-state index contributed by atoms with van der Waals surface area (Å²) >= 11 is 0. The third-order valence-corrected chi connectivity index (χ3v) is 3.25. The van der Waals surface area contributed by atoms with Crippen molar-refractivity contribution in [1.29, 1.82) is 0 Å². The number of carbonyl (C=O) groups is 1. The molecule has 1 aromatic heterocycles. The number of carboxylic acid groups (broad SMARTS) is 1. The first-order chi connectivity index (χ1) is 8.87. The third kappa shape index (κ3) is 3.41. The predicted molar refractivity (Wildman–Crippen MR) is 70.4 cm³/mol. The quantitative estimate of drug-likeness (QED) is 0.864. The molecule has 1 aliphatic heterocycles. The molecule has 1 saturated heterocycles. The minimum atomic E-state index is -1.01. The zero-order valence-corrected chi connectivity index (χ0v) is 11.4. The molecule has 0 aliphatic carbocycles. The summed E-state index contributed by atoms with van der Waals surface area (Å²) in [5.41, 5.74) is 0.525. The Morgan fingerprint density at radius 1 is 1.63 bits per heavy atom. The van der Waals surface area contributed by atoms with Crippen LogP contribution in [0.4, 0.5) is 5.95 Å². The monoisotopic (exact) mass is 265 g/mol. The van der Waals surface area contributed by atoms with Crippen molar-refractivity contribution >= 4 is 11.9 Å². The SMILES string of the molecule is Cc1nc(NCC2CCC(C)(C)O2)ncc1C(=O)O. The van der Waals surface area contributed by atoms with E-state index in [-0.39, 0.29) is 17.3 Å². The fraction of sp³-hybridized carbons (Fsp3) is 0.615. The Bertz CT molecular complexity index is 488. The lowest BCUT2D eigenvalue weighted by Gasteiger charge is -2.19. The maximum atomic E-state index is 10.9. The summed E-state index contributed by atoms with van der Waals surface area (Å²) in [4.78, 5) is 19.0. The highest BCUT2D eigenvalue weighted by atomic mass is 16.5. The number of aromatic carboxylic acids is 1. The van der Waals surface area contributed by atoms with Gasteiger partial charge in [-0.2, -0.15) is 0 Å². The average molecular weight is 265 g/mol. The number of nitrogens with one attached hydrogen (secondary N) is 1. The second-order valence-electron chi connectivity index (χ2n) is 5.42. The van der Waals surface area contributed by atoms with Gasteiger partial charge in [0, 0.05) is 12.7 Å². The second kappa shape index (κ2) is 5.13. The first kappa shape index (κ1) is 13.7. The molecule has 2 rings (SSSR count). The summed E-state index contributed by atoms with van der Waals surface area (Å²) in [6.07, 6.45) is 3.52. The summed E-state index contributed by atoms with van der Waals surface area (Å²) < 4.78 is 5.85. The molecule has 0 amide bonds. The van der Waals surface area contributed by atoms with Gasteiger partial charge in [-0.15, -0.1) is 0 Å². The maximum absolute atomic E-state index is 10.9. The lowest BCUT2D eigenvalue weighted by molar-refractivity contribution is -0.00918. The molecule has 0 aromatic carbocycles. The van der Waals surface area contributed by atoms with E-state index in [4.69, 9.17) is 9.84 Å². The highest BCUT2D eigenvalue weighted by molar-refractivity contribution is 5.88. The molecule has 104 valence electrons. The Hall–Kier alpha value is -1.69. The van der Waals surface area contributed by atoms with Crippen LogP contribution in [0.1, 0.15) is 42.7 Å². The van der Waals surface area contributed by atoms with Gasteiger partial charge in [0.1, 0.15) is 0 Å². The summed E-state index contributed by atoms with van der Waals surface area (Å²) in [6.45, 7) is 6.45. The summed E-state index contributed by atoms with van der Waals surface area (Å²) in [7, 11) is 0.